The molecule has 0 amide bonds. The fourth-order valence-electron chi connectivity index (χ4n) is 3.75. The number of hydrogen-bond donors (Lipinski definition) is 1. The average Bonchev–Trinajstić information content (AvgIpc) is 2.46. The van der Waals surface area contributed by atoms with Crippen LogP contribution in [-0.2, 0) is 0 Å². The van der Waals surface area contributed by atoms with Crippen molar-refractivity contribution in [2.45, 2.75) is 70.9 Å². The van der Waals surface area contributed by atoms with Gasteiger partial charge in [0.1, 0.15) is 0 Å². The molecule has 20 heavy (non-hydrogen) atoms. The first-order chi connectivity index (χ1) is 9.81. The van der Waals surface area contributed by atoms with E-state index in [0.717, 1.165) is 12.1 Å². The minimum Gasteiger partial charge on any atom is -0.315 e. The van der Waals surface area contributed by atoms with Gasteiger partial charge in [0.15, 0.2) is 0 Å². The van der Waals surface area contributed by atoms with Crippen LogP contribution in [0.4, 0.5) is 0 Å². The Morgan fingerprint density at radius 3 is 2.80 bits per heavy atom. The summed E-state index contributed by atoms with van der Waals surface area (Å²) >= 11 is 0. The molecular weight excluding hydrogens is 246 g/mol. The molecule has 2 atom stereocenters. The number of rotatable bonds is 8. The van der Waals surface area contributed by atoms with Crippen LogP contribution in [0.5, 0.6) is 0 Å². The molecule has 3 heteroatoms. The predicted molar refractivity (Wildman–Crippen MR) is 87.3 cm³/mol. The molecule has 0 bridgehead atoms. The summed E-state index contributed by atoms with van der Waals surface area (Å²) in [6, 6.07) is 1.59. The molecule has 0 aromatic carbocycles. The van der Waals surface area contributed by atoms with Crippen molar-refractivity contribution in [2.24, 2.45) is 0 Å². The van der Waals surface area contributed by atoms with Crippen LogP contribution in [0.25, 0.3) is 0 Å². The Labute approximate surface area is 126 Å². The van der Waals surface area contributed by atoms with E-state index >= 15 is 0 Å². The molecule has 2 aliphatic rings. The van der Waals surface area contributed by atoms with Gasteiger partial charge in [-0.2, -0.15) is 0 Å². The molecule has 2 saturated heterocycles. The minimum absolute atomic E-state index is 0.742. The second-order valence-electron chi connectivity index (χ2n) is 6.80. The molecule has 3 nitrogen and oxygen atoms in total. The highest BCUT2D eigenvalue weighted by molar-refractivity contribution is 4.89. The van der Waals surface area contributed by atoms with Crippen molar-refractivity contribution < 1.29 is 0 Å². The van der Waals surface area contributed by atoms with Crippen molar-refractivity contribution in [1.82, 2.24) is 15.1 Å². The first-order valence-corrected chi connectivity index (χ1v) is 9.00. The maximum absolute atomic E-state index is 3.63. The lowest BCUT2D eigenvalue weighted by Crippen LogP contribution is -2.59. The van der Waals surface area contributed by atoms with Gasteiger partial charge < -0.3 is 5.32 Å². The Bertz CT molecular complexity index is 257. The summed E-state index contributed by atoms with van der Waals surface area (Å²) in [6.45, 7) is 12.2. The molecule has 0 radical (unpaired) electrons. The highest BCUT2D eigenvalue weighted by Crippen LogP contribution is 2.23. The zero-order valence-electron chi connectivity index (χ0n) is 13.7. The summed E-state index contributed by atoms with van der Waals surface area (Å²) in [6.07, 6.45) is 9.75. The Morgan fingerprint density at radius 1 is 1.05 bits per heavy atom. The van der Waals surface area contributed by atoms with E-state index in [1.54, 1.807) is 0 Å². The third-order valence-electron chi connectivity index (χ3n) is 5.10. The molecule has 0 aromatic rings. The predicted octanol–water partition coefficient (Wildman–Crippen LogP) is 2.71. The van der Waals surface area contributed by atoms with Crippen molar-refractivity contribution >= 4 is 0 Å². The van der Waals surface area contributed by atoms with E-state index in [2.05, 4.69) is 29.0 Å². The number of nitrogens with zero attached hydrogens (tertiary/aromatic N) is 2. The fourth-order valence-corrected chi connectivity index (χ4v) is 3.75. The topological polar surface area (TPSA) is 18.5 Å². The molecule has 118 valence electrons. The largest absolute Gasteiger partial charge is 0.315 e. The quantitative estimate of drug-likeness (QED) is 0.690. The summed E-state index contributed by atoms with van der Waals surface area (Å²) in [7, 11) is 0. The number of nitrogens with one attached hydrogen (secondary N) is 1. The molecule has 0 aromatic heterocycles. The van der Waals surface area contributed by atoms with Gasteiger partial charge in [-0.25, -0.2) is 0 Å². The summed E-state index contributed by atoms with van der Waals surface area (Å²) < 4.78 is 0. The first kappa shape index (κ1) is 16.3. The van der Waals surface area contributed by atoms with E-state index in [1.165, 1.54) is 84.2 Å². The maximum Gasteiger partial charge on any atom is 0.0223 e. The van der Waals surface area contributed by atoms with Gasteiger partial charge in [0, 0.05) is 38.3 Å². The van der Waals surface area contributed by atoms with Crippen molar-refractivity contribution in [3.05, 3.63) is 0 Å². The van der Waals surface area contributed by atoms with Gasteiger partial charge in [-0.15, -0.1) is 0 Å². The van der Waals surface area contributed by atoms with E-state index < -0.39 is 0 Å². The molecule has 0 saturated carbocycles. The van der Waals surface area contributed by atoms with Gasteiger partial charge >= 0.3 is 0 Å². The van der Waals surface area contributed by atoms with Gasteiger partial charge in [-0.05, 0) is 39.3 Å². The van der Waals surface area contributed by atoms with Crippen molar-refractivity contribution in [3.63, 3.8) is 0 Å². The molecular formula is C17H35N3. The monoisotopic (exact) mass is 281 g/mol. The van der Waals surface area contributed by atoms with E-state index in [0.29, 0.717) is 0 Å². The lowest BCUT2D eigenvalue weighted by molar-refractivity contribution is 0.0161. The highest BCUT2D eigenvalue weighted by Gasteiger charge is 2.32. The maximum atomic E-state index is 3.63. The zero-order chi connectivity index (χ0) is 14.2. The van der Waals surface area contributed by atoms with E-state index in [4.69, 9.17) is 0 Å². The molecule has 2 fully saturated rings. The van der Waals surface area contributed by atoms with Crippen LogP contribution in [-0.4, -0.2) is 61.2 Å². The molecule has 2 aliphatic heterocycles. The Morgan fingerprint density at radius 2 is 1.95 bits per heavy atom. The SMILES string of the molecule is CCCCCCNCCN1CC2CCCCN2CC1C. The van der Waals surface area contributed by atoms with Crippen LogP contribution in [0.15, 0.2) is 0 Å². The number of unbranched alkanes of at least 4 members (excludes halogenated alkanes) is 3. The van der Waals surface area contributed by atoms with Gasteiger partial charge in [-0.1, -0.05) is 32.6 Å². The van der Waals surface area contributed by atoms with E-state index in [-0.39, 0.29) is 0 Å². The Kier molecular flexibility index (Phi) is 7.32. The second kappa shape index (κ2) is 9.01. The summed E-state index contributed by atoms with van der Waals surface area (Å²) in [5.41, 5.74) is 0. The van der Waals surface area contributed by atoms with Gasteiger partial charge in [0.05, 0.1) is 0 Å². The number of piperazine rings is 1. The number of fused-ring (bicyclic) bond motifs is 1. The van der Waals surface area contributed by atoms with Crippen LogP contribution in [0.1, 0.15) is 58.8 Å². The van der Waals surface area contributed by atoms with E-state index in [9.17, 15) is 0 Å². The van der Waals surface area contributed by atoms with Gasteiger partial charge in [-0.3, -0.25) is 9.80 Å². The third-order valence-corrected chi connectivity index (χ3v) is 5.10. The van der Waals surface area contributed by atoms with Crippen molar-refractivity contribution in [1.29, 1.82) is 0 Å². The molecule has 2 heterocycles. The van der Waals surface area contributed by atoms with Crippen LogP contribution < -0.4 is 5.32 Å². The molecule has 2 rings (SSSR count). The molecule has 0 aliphatic carbocycles. The van der Waals surface area contributed by atoms with Crippen LogP contribution in [0.3, 0.4) is 0 Å². The Hall–Kier alpha value is -0.120. The normalized spacial score (nSPS) is 28.5. The standard InChI is InChI=1S/C17H35N3/c1-3-4-5-7-10-18-11-13-19-15-17-9-6-8-12-20(17)14-16(19)2/h16-18H,3-15H2,1-2H3. The summed E-state index contributed by atoms with van der Waals surface area (Å²) in [5, 5.41) is 3.63. The smallest absolute Gasteiger partial charge is 0.0223 e. The van der Waals surface area contributed by atoms with E-state index in [1.807, 2.05) is 0 Å². The zero-order valence-corrected chi connectivity index (χ0v) is 13.7. The fraction of sp³-hybridized carbons (Fsp3) is 1.00. The lowest BCUT2D eigenvalue weighted by atomic mass is 9.97. The molecule has 2 unspecified atom stereocenters. The second-order valence-corrected chi connectivity index (χ2v) is 6.80. The first-order valence-electron chi connectivity index (χ1n) is 9.00. The van der Waals surface area contributed by atoms with Crippen molar-refractivity contribution in [3.8, 4) is 0 Å². The third kappa shape index (κ3) is 5.01. The lowest BCUT2D eigenvalue weighted by Gasteiger charge is -2.47. The highest BCUT2D eigenvalue weighted by atomic mass is 15.3. The van der Waals surface area contributed by atoms with Gasteiger partial charge in [0.25, 0.3) is 0 Å². The van der Waals surface area contributed by atoms with Gasteiger partial charge in [0.2, 0.25) is 0 Å². The van der Waals surface area contributed by atoms with Crippen LogP contribution in [0.2, 0.25) is 0 Å². The van der Waals surface area contributed by atoms with Crippen LogP contribution >= 0.6 is 0 Å². The van der Waals surface area contributed by atoms with Crippen molar-refractivity contribution in [2.75, 3.05) is 39.3 Å². The number of hydrogen-bond acceptors (Lipinski definition) is 3. The summed E-state index contributed by atoms with van der Waals surface area (Å²) in [5.74, 6) is 0. The van der Waals surface area contributed by atoms with Crippen LogP contribution in [0, 0.1) is 0 Å². The molecule has 1 N–H and O–H groups in total. The minimum atomic E-state index is 0.742. The number of piperidine rings is 1. The molecule has 0 spiro atoms. The average molecular weight is 281 g/mol. The summed E-state index contributed by atoms with van der Waals surface area (Å²) in [4.78, 5) is 5.45. The Balaban J connectivity index is 1.58.